The standard InChI is InChI=1S/C20H16FNO4/c1-11-2-4-12(5-3-11)17-16-18(24)14-10-13(21)6-7-15(14)26-19(16)20(25)22(17)8-9-23/h2-7,10,17,23H,8-9H2,1H3/t17-/m1/s1. The molecule has 1 aliphatic rings. The zero-order valence-electron chi connectivity index (χ0n) is 14.0. The predicted molar refractivity (Wildman–Crippen MR) is 93.6 cm³/mol. The van der Waals surface area contributed by atoms with Crippen molar-refractivity contribution in [2.75, 3.05) is 13.2 Å². The minimum atomic E-state index is -0.672. The summed E-state index contributed by atoms with van der Waals surface area (Å²) in [6.07, 6.45) is 0. The number of amides is 1. The number of nitrogens with zero attached hydrogens (tertiary/aromatic N) is 1. The molecule has 1 aliphatic heterocycles. The number of carbonyl (C=O) groups is 1. The number of aryl methyl sites for hydroxylation is 1. The minimum absolute atomic E-state index is 0.0480. The van der Waals surface area contributed by atoms with Crippen LogP contribution in [0.25, 0.3) is 11.0 Å². The molecule has 5 nitrogen and oxygen atoms in total. The fourth-order valence-corrected chi connectivity index (χ4v) is 3.43. The molecule has 0 radical (unpaired) electrons. The molecule has 1 atom stereocenters. The fraction of sp³-hybridized carbons (Fsp3) is 0.200. The molecule has 1 N–H and O–H groups in total. The molecule has 6 heteroatoms. The maximum Gasteiger partial charge on any atom is 0.290 e. The van der Waals surface area contributed by atoms with Crippen LogP contribution in [0.1, 0.15) is 33.3 Å². The van der Waals surface area contributed by atoms with Crippen molar-refractivity contribution in [2.45, 2.75) is 13.0 Å². The van der Waals surface area contributed by atoms with Gasteiger partial charge >= 0.3 is 0 Å². The first kappa shape index (κ1) is 16.5. The van der Waals surface area contributed by atoms with Crippen molar-refractivity contribution in [3.63, 3.8) is 0 Å². The molecule has 0 aliphatic carbocycles. The minimum Gasteiger partial charge on any atom is -0.450 e. The summed E-state index contributed by atoms with van der Waals surface area (Å²) < 4.78 is 19.3. The molecule has 0 fully saturated rings. The predicted octanol–water partition coefficient (Wildman–Crippen LogP) is 2.78. The van der Waals surface area contributed by atoms with E-state index in [1.807, 2.05) is 31.2 Å². The Balaban J connectivity index is 2.01. The molecule has 26 heavy (non-hydrogen) atoms. The topological polar surface area (TPSA) is 70.8 Å². The number of aliphatic hydroxyl groups is 1. The third kappa shape index (κ3) is 2.42. The van der Waals surface area contributed by atoms with Crippen LogP contribution in [0, 0.1) is 12.7 Å². The van der Waals surface area contributed by atoms with Gasteiger partial charge in [0.1, 0.15) is 11.4 Å². The Bertz CT molecular complexity index is 1070. The molecule has 0 unspecified atom stereocenters. The van der Waals surface area contributed by atoms with Crippen molar-refractivity contribution >= 4 is 16.9 Å². The highest BCUT2D eigenvalue weighted by Crippen LogP contribution is 2.37. The molecule has 1 amide bonds. The van der Waals surface area contributed by atoms with Gasteiger partial charge in [-0.3, -0.25) is 9.59 Å². The van der Waals surface area contributed by atoms with E-state index in [0.717, 1.165) is 17.2 Å². The van der Waals surface area contributed by atoms with Gasteiger partial charge in [0, 0.05) is 6.54 Å². The maximum atomic E-state index is 13.6. The smallest absolute Gasteiger partial charge is 0.290 e. The highest BCUT2D eigenvalue weighted by Gasteiger charge is 2.42. The summed E-state index contributed by atoms with van der Waals surface area (Å²) in [5, 5.41) is 9.47. The van der Waals surface area contributed by atoms with Gasteiger partial charge < -0.3 is 14.4 Å². The van der Waals surface area contributed by atoms with Crippen molar-refractivity contribution in [1.82, 2.24) is 4.90 Å². The normalized spacial score (nSPS) is 16.3. The number of carbonyl (C=O) groups excluding carboxylic acids is 1. The Morgan fingerprint density at radius 2 is 1.88 bits per heavy atom. The van der Waals surface area contributed by atoms with E-state index in [4.69, 9.17) is 4.42 Å². The second kappa shape index (κ2) is 6.07. The van der Waals surface area contributed by atoms with Gasteiger partial charge in [0.05, 0.1) is 23.6 Å². The van der Waals surface area contributed by atoms with Crippen molar-refractivity contribution in [2.24, 2.45) is 0 Å². The fourth-order valence-electron chi connectivity index (χ4n) is 3.43. The average molecular weight is 353 g/mol. The molecule has 1 aromatic heterocycles. The summed E-state index contributed by atoms with van der Waals surface area (Å²) in [6.45, 7) is 1.75. The molecular formula is C20H16FNO4. The Labute approximate surface area is 148 Å². The monoisotopic (exact) mass is 353 g/mol. The second-order valence-electron chi connectivity index (χ2n) is 6.35. The van der Waals surface area contributed by atoms with Gasteiger partial charge in [0.2, 0.25) is 5.76 Å². The number of aliphatic hydroxyl groups excluding tert-OH is 1. The molecule has 4 rings (SSSR count). The van der Waals surface area contributed by atoms with Gasteiger partial charge in [-0.2, -0.15) is 0 Å². The highest BCUT2D eigenvalue weighted by molar-refractivity contribution is 5.99. The zero-order valence-corrected chi connectivity index (χ0v) is 14.0. The lowest BCUT2D eigenvalue weighted by Crippen LogP contribution is -2.32. The van der Waals surface area contributed by atoms with E-state index < -0.39 is 23.2 Å². The van der Waals surface area contributed by atoms with Gasteiger partial charge in [-0.25, -0.2) is 4.39 Å². The Hall–Kier alpha value is -2.99. The van der Waals surface area contributed by atoms with Crippen LogP contribution < -0.4 is 5.43 Å². The SMILES string of the molecule is Cc1ccc([C@@H]2c3c(oc4ccc(F)cc4c3=O)C(=O)N2CCO)cc1. The average Bonchev–Trinajstić information content (AvgIpc) is 2.90. The Kier molecular flexibility index (Phi) is 3.85. The van der Waals surface area contributed by atoms with Crippen LogP contribution in [-0.4, -0.2) is 29.1 Å². The van der Waals surface area contributed by atoms with Gasteiger partial charge in [0.15, 0.2) is 5.43 Å². The first-order valence-corrected chi connectivity index (χ1v) is 8.26. The molecule has 132 valence electrons. The Morgan fingerprint density at radius 3 is 2.58 bits per heavy atom. The quantitative estimate of drug-likeness (QED) is 0.786. The van der Waals surface area contributed by atoms with Crippen molar-refractivity contribution in [3.05, 3.63) is 81.0 Å². The van der Waals surface area contributed by atoms with Crippen molar-refractivity contribution in [3.8, 4) is 0 Å². The maximum absolute atomic E-state index is 13.6. The van der Waals surface area contributed by atoms with E-state index in [0.29, 0.717) is 0 Å². The van der Waals surface area contributed by atoms with E-state index in [2.05, 4.69) is 0 Å². The third-order valence-electron chi connectivity index (χ3n) is 4.66. The van der Waals surface area contributed by atoms with Crippen LogP contribution in [0.5, 0.6) is 0 Å². The summed E-state index contributed by atoms with van der Waals surface area (Å²) in [5.41, 5.74) is 1.70. The number of hydrogen-bond donors (Lipinski definition) is 1. The van der Waals surface area contributed by atoms with E-state index >= 15 is 0 Å². The summed E-state index contributed by atoms with van der Waals surface area (Å²) in [4.78, 5) is 27.3. The molecule has 0 saturated carbocycles. The van der Waals surface area contributed by atoms with Crippen molar-refractivity contribution in [1.29, 1.82) is 0 Å². The summed E-state index contributed by atoms with van der Waals surface area (Å²) in [7, 11) is 0. The van der Waals surface area contributed by atoms with Crippen LogP contribution >= 0.6 is 0 Å². The number of rotatable bonds is 3. The number of halogens is 1. The van der Waals surface area contributed by atoms with E-state index in [1.54, 1.807) is 0 Å². The van der Waals surface area contributed by atoms with E-state index in [9.17, 15) is 19.1 Å². The summed E-state index contributed by atoms with van der Waals surface area (Å²) in [6, 6.07) is 10.4. The molecule has 0 bridgehead atoms. The van der Waals surface area contributed by atoms with Gasteiger partial charge in [0.25, 0.3) is 5.91 Å². The van der Waals surface area contributed by atoms with Crippen LogP contribution in [0.4, 0.5) is 4.39 Å². The largest absolute Gasteiger partial charge is 0.450 e. The number of benzene rings is 2. The van der Waals surface area contributed by atoms with Gasteiger partial charge in [-0.1, -0.05) is 29.8 Å². The van der Waals surface area contributed by atoms with E-state index in [1.165, 1.54) is 17.0 Å². The number of fused-ring (bicyclic) bond motifs is 2. The van der Waals surface area contributed by atoms with Gasteiger partial charge in [-0.15, -0.1) is 0 Å². The van der Waals surface area contributed by atoms with Crippen LogP contribution in [0.2, 0.25) is 0 Å². The Morgan fingerprint density at radius 1 is 1.15 bits per heavy atom. The van der Waals surface area contributed by atoms with Crippen LogP contribution in [0.15, 0.2) is 51.7 Å². The molecular weight excluding hydrogens is 337 g/mol. The first-order valence-electron chi connectivity index (χ1n) is 8.26. The lowest BCUT2D eigenvalue weighted by atomic mass is 9.98. The highest BCUT2D eigenvalue weighted by atomic mass is 19.1. The zero-order chi connectivity index (χ0) is 18.4. The molecule has 0 saturated heterocycles. The number of β-amino-alcohol motifs (C(OH)–C–C–N with tert-alkyl or cyclic N) is 1. The number of hydrogen-bond acceptors (Lipinski definition) is 4. The lowest BCUT2D eigenvalue weighted by molar-refractivity contribution is 0.0691. The van der Waals surface area contributed by atoms with E-state index in [-0.39, 0.29) is 35.4 Å². The summed E-state index contributed by atoms with van der Waals surface area (Å²) in [5.74, 6) is -1.05. The third-order valence-corrected chi connectivity index (χ3v) is 4.66. The molecule has 2 aromatic carbocycles. The van der Waals surface area contributed by atoms with Gasteiger partial charge in [-0.05, 0) is 30.7 Å². The lowest BCUT2D eigenvalue weighted by Gasteiger charge is -2.24. The molecule has 0 spiro atoms. The summed E-state index contributed by atoms with van der Waals surface area (Å²) >= 11 is 0. The molecule has 2 heterocycles. The second-order valence-corrected chi connectivity index (χ2v) is 6.35. The first-order chi connectivity index (χ1) is 12.5. The van der Waals surface area contributed by atoms with Crippen molar-refractivity contribution < 1.29 is 18.7 Å². The molecule has 3 aromatic rings. The van der Waals surface area contributed by atoms with Crippen LogP contribution in [0.3, 0.4) is 0 Å². The van der Waals surface area contributed by atoms with Crippen LogP contribution in [-0.2, 0) is 0 Å².